The Morgan fingerprint density at radius 2 is 1.85 bits per heavy atom. The molecule has 3 heteroatoms. The van der Waals surface area contributed by atoms with Gasteiger partial charge in [0.1, 0.15) is 5.69 Å². The van der Waals surface area contributed by atoms with Crippen molar-refractivity contribution in [2.75, 3.05) is 0 Å². The predicted octanol–water partition coefficient (Wildman–Crippen LogP) is 3.36. The van der Waals surface area contributed by atoms with Crippen LogP contribution in [0.2, 0.25) is 0 Å². The molecule has 3 aromatic rings. The van der Waals surface area contributed by atoms with Crippen LogP contribution < -0.4 is 0 Å². The fourth-order valence-electron chi connectivity index (χ4n) is 2.27. The van der Waals surface area contributed by atoms with Gasteiger partial charge in [0.25, 0.3) is 0 Å². The quantitative estimate of drug-likeness (QED) is 0.680. The van der Waals surface area contributed by atoms with Gasteiger partial charge < -0.3 is 0 Å². The molecule has 0 spiro atoms. The van der Waals surface area contributed by atoms with E-state index in [-0.39, 0.29) is 5.78 Å². The van der Waals surface area contributed by atoms with Crippen molar-refractivity contribution in [3.05, 3.63) is 71.7 Å². The molecule has 98 valence electrons. The minimum atomic E-state index is 0.0325. The highest BCUT2D eigenvalue weighted by Gasteiger charge is 2.11. The smallest absolute Gasteiger partial charge is 0.185 e. The van der Waals surface area contributed by atoms with Crippen LogP contribution in [0.15, 0.2) is 54.9 Å². The number of benzene rings is 1. The Morgan fingerprint density at radius 1 is 1.10 bits per heavy atom. The normalized spacial score (nSPS) is 10.7. The monoisotopic (exact) mass is 262 g/mol. The van der Waals surface area contributed by atoms with Crippen molar-refractivity contribution in [3.8, 4) is 0 Å². The minimum Gasteiger partial charge on any atom is -0.292 e. The number of aromatic nitrogens is 2. The lowest BCUT2D eigenvalue weighted by Gasteiger charge is -2.06. The lowest BCUT2D eigenvalue weighted by atomic mass is 10.0. The Labute approximate surface area is 117 Å². The Morgan fingerprint density at radius 3 is 2.65 bits per heavy atom. The Balaban J connectivity index is 1.96. The van der Waals surface area contributed by atoms with Crippen LogP contribution in [0.3, 0.4) is 0 Å². The van der Waals surface area contributed by atoms with Crippen LogP contribution in [-0.2, 0) is 6.42 Å². The summed E-state index contributed by atoms with van der Waals surface area (Å²) in [7, 11) is 0. The van der Waals surface area contributed by atoms with Crippen LogP contribution in [0, 0.1) is 6.92 Å². The summed E-state index contributed by atoms with van der Waals surface area (Å²) in [6.07, 6.45) is 3.75. The van der Waals surface area contributed by atoms with Crippen LogP contribution >= 0.6 is 0 Å². The molecule has 20 heavy (non-hydrogen) atoms. The van der Waals surface area contributed by atoms with Crippen molar-refractivity contribution in [1.82, 2.24) is 9.97 Å². The Hall–Kier alpha value is -2.55. The van der Waals surface area contributed by atoms with Crippen LogP contribution in [0.5, 0.6) is 0 Å². The van der Waals surface area contributed by atoms with Gasteiger partial charge in [0.05, 0.1) is 5.52 Å². The maximum Gasteiger partial charge on any atom is 0.185 e. The van der Waals surface area contributed by atoms with E-state index in [0.717, 1.165) is 22.0 Å². The van der Waals surface area contributed by atoms with Gasteiger partial charge in [0.2, 0.25) is 0 Å². The topological polar surface area (TPSA) is 42.9 Å². The molecule has 0 radical (unpaired) electrons. The van der Waals surface area contributed by atoms with Gasteiger partial charge in [-0.1, -0.05) is 18.2 Å². The van der Waals surface area contributed by atoms with Crippen LogP contribution in [0.25, 0.3) is 10.9 Å². The standard InChI is InChI=1S/C17H14N2O/c1-12-10-16(19-15-5-3-2-4-14(12)15)17(20)11-13-6-8-18-9-7-13/h2-10H,11H2,1H3. The molecule has 0 saturated heterocycles. The highest BCUT2D eigenvalue weighted by Crippen LogP contribution is 2.18. The van der Waals surface area contributed by atoms with Gasteiger partial charge in [-0.3, -0.25) is 9.78 Å². The molecule has 0 aliphatic carbocycles. The lowest BCUT2D eigenvalue weighted by molar-refractivity contribution is 0.0988. The second kappa shape index (κ2) is 5.21. The fraction of sp³-hybridized carbons (Fsp3) is 0.118. The number of pyridine rings is 2. The van der Waals surface area contributed by atoms with E-state index in [1.54, 1.807) is 12.4 Å². The Kier molecular flexibility index (Phi) is 3.25. The van der Waals surface area contributed by atoms with Crippen molar-refractivity contribution in [2.45, 2.75) is 13.3 Å². The van der Waals surface area contributed by atoms with Gasteiger partial charge in [0, 0.05) is 24.2 Å². The third kappa shape index (κ3) is 2.43. The summed E-state index contributed by atoms with van der Waals surface area (Å²) in [6.45, 7) is 2.01. The summed E-state index contributed by atoms with van der Waals surface area (Å²) in [5.41, 5.74) is 3.43. The summed E-state index contributed by atoms with van der Waals surface area (Å²) in [6, 6.07) is 13.4. The first kappa shape index (κ1) is 12.5. The van der Waals surface area contributed by atoms with Crippen molar-refractivity contribution in [3.63, 3.8) is 0 Å². The summed E-state index contributed by atoms with van der Waals surface area (Å²) in [4.78, 5) is 20.7. The first-order chi connectivity index (χ1) is 9.74. The van der Waals surface area contributed by atoms with Crippen molar-refractivity contribution >= 4 is 16.7 Å². The van der Waals surface area contributed by atoms with Crippen molar-refractivity contribution < 1.29 is 4.79 Å². The second-order valence-corrected chi connectivity index (χ2v) is 4.80. The molecule has 0 saturated carbocycles. The molecule has 0 fully saturated rings. The highest BCUT2D eigenvalue weighted by molar-refractivity contribution is 5.98. The number of hydrogen-bond acceptors (Lipinski definition) is 3. The average Bonchev–Trinajstić information content (AvgIpc) is 2.48. The third-order valence-electron chi connectivity index (χ3n) is 3.32. The molecule has 0 atom stereocenters. The number of hydrogen-bond donors (Lipinski definition) is 0. The zero-order valence-corrected chi connectivity index (χ0v) is 11.2. The molecule has 0 aliphatic rings. The van der Waals surface area contributed by atoms with Crippen LogP contribution in [0.4, 0.5) is 0 Å². The van der Waals surface area contributed by atoms with Crippen molar-refractivity contribution in [2.24, 2.45) is 0 Å². The zero-order chi connectivity index (χ0) is 13.9. The largest absolute Gasteiger partial charge is 0.292 e. The predicted molar refractivity (Wildman–Crippen MR) is 78.8 cm³/mol. The van der Waals surface area contributed by atoms with E-state index >= 15 is 0 Å². The number of carbonyl (C=O) groups excluding carboxylic acids is 1. The number of nitrogens with zero attached hydrogens (tertiary/aromatic N) is 2. The molecule has 2 aromatic heterocycles. The minimum absolute atomic E-state index is 0.0325. The van der Waals surface area contributed by atoms with E-state index in [4.69, 9.17) is 0 Å². The number of ketones is 1. The highest BCUT2D eigenvalue weighted by atomic mass is 16.1. The molecule has 3 nitrogen and oxygen atoms in total. The maximum absolute atomic E-state index is 12.3. The molecule has 0 amide bonds. The van der Waals surface area contributed by atoms with E-state index in [9.17, 15) is 4.79 Å². The van der Waals surface area contributed by atoms with E-state index in [0.29, 0.717) is 12.1 Å². The number of rotatable bonds is 3. The van der Waals surface area contributed by atoms with E-state index < -0.39 is 0 Å². The third-order valence-corrected chi connectivity index (χ3v) is 3.32. The molecule has 1 aromatic carbocycles. The second-order valence-electron chi connectivity index (χ2n) is 4.80. The molecular formula is C17H14N2O. The number of Topliss-reactive ketones (excluding diaryl/α,β-unsaturated/α-hetero) is 1. The van der Waals surface area contributed by atoms with Gasteiger partial charge in [-0.15, -0.1) is 0 Å². The number of aryl methyl sites for hydroxylation is 1. The van der Waals surface area contributed by atoms with Gasteiger partial charge in [0.15, 0.2) is 5.78 Å². The maximum atomic E-state index is 12.3. The van der Waals surface area contributed by atoms with Crippen molar-refractivity contribution in [1.29, 1.82) is 0 Å². The first-order valence-electron chi connectivity index (χ1n) is 6.52. The number of fused-ring (bicyclic) bond motifs is 1. The summed E-state index contributed by atoms with van der Waals surface area (Å²) in [5, 5.41) is 1.09. The SMILES string of the molecule is Cc1cc(C(=O)Cc2ccncc2)nc2ccccc12. The molecule has 0 aliphatic heterocycles. The first-order valence-corrected chi connectivity index (χ1v) is 6.52. The number of para-hydroxylation sites is 1. The van der Waals surface area contributed by atoms with E-state index in [2.05, 4.69) is 9.97 Å². The Bertz CT molecular complexity index is 766. The summed E-state index contributed by atoms with van der Waals surface area (Å²) < 4.78 is 0. The van der Waals surface area contributed by atoms with Gasteiger partial charge in [-0.2, -0.15) is 0 Å². The molecule has 2 heterocycles. The van der Waals surface area contributed by atoms with Crippen LogP contribution in [0.1, 0.15) is 21.6 Å². The summed E-state index contributed by atoms with van der Waals surface area (Å²) >= 11 is 0. The molecule has 0 N–H and O–H groups in total. The zero-order valence-electron chi connectivity index (χ0n) is 11.2. The van der Waals surface area contributed by atoms with Gasteiger partial charge in [-0.05, 0) is 42.3 Å². The van der Waals surface area contributed by atoms with Gasteiger partial charge in [-0.25, -0.2) is 4.98 Å². The molecule has 3 rings (SSSR count). The molecule has 0 bridgehead atoms. The van der Waals surface area contributed by atoms with E-state index in [1.807, 2.05) is 49.4 Å². The average molecular weight is 262 g/mol. The number of carbonyl (C=O) groups is 1. The van der Waals surface area contributed by atoms with E-state index in [1.165, 1.54) is 0 Å². The van der Waals surface area contributed by atoms with Gasteiger partial charge >= 0.3 is 0 Å². The lowest BCUT2D eigenvalue weighted by Crippen LogP contribution is -2.07. The summed E-state index contributed by atoms with van der Waals surface area (Å²) in [5.74, 6) is 0.0325. The van der Waals surface area contributed by atoms with Crippen LogP contribution in [-0.4, -0.2) is 15.8 Å². The molecular weight excluding hydrogens is 248 g/mol. The fourth-order valence-corrected chi connectivity index (χ4v) is 2.27. The molecule has 0 unspecified atom stereocenters.